The summed E-state index contributed by atoms with van der Waals surface area (Å²) in [6.07, 6.45) is 0. The third kappa shape index (κ3) is 6.90. The number of aliphatic hydroxyl groups is 1. The summed E-state index contributed by atoms with van der Waals surface area (Å²) < 4.78 is 118. The molecule has 1 aromatic rings. The summed E-state index contributed by atoms with van der Waals surface area (Å²) in [5, 5.41) is 8.65. The number of rotatable bonds is 3. The average molecular weight is 406 g/mol. The van der Waals surface area contributed by atoms with E-state index in [4.69, 9.17) is 18.1 Å². The van der Waals surface area contributed by atoms with E-state index in [1.165, 1.54) is 12.1 Å². The zero-order valence-electron chi connectivity index (χ0n) is 11.0. The molecule has 0 heterocycles. The molecular weight excluding hydrogens is 398 g/mol. The first kappa shape index (κ1) is 22.4. The van der Waals surface area contributed by atoms with E-state index in [1.54, 1.807) is 0 Å². The van der Waals surface area contributed by atoms with E-state index >= 15 is 0 Å². The first-order valence-corrected chi connectivity index (χ1v) is 8.10. The lowest BCUT2D eigenvalue weighted by atomic mass is 10.2. The second kappa shape index (κ2) is 7.54. The quantitative estimate of drug-likeness (QED) is 0.340. The standard InChI is InChI=1S/C8H7F3O4S.CHF3O3S/c9-8(10,11)16(13,14)15-7-3-1-6(5-12)2-4-7;2-1(3,4)8(5,6)7/h1-4,12H,5H2;(H,5,6,7). The van der Waals surface area contributed by atoms with Crippen LogP contribution in [0.3, 0.4) is 0 Å². The fourth-order valence-corrected chi connectivity index (χ4v) is 1.28. The SMILES string of the molecule is O=S(=O)(O)C(F)(F)F.O=S(=O)(Oc1ccc(CO)cc1)C(F)(F)F. The van der Waals surface area contributed by atoms with Gasteiger partial charge in [-0.3, -0.25) is 4.55 Å². The second-order valence-electron chi connectivity index (χ2n) is 3.71. The Labute approximate surface area is 131 Å². The molecule has 15 heteroatoms. The molecule has 0 unspecified atom stereocenters. The van der Waals surface area contributed by atoms with Crippen molar-refractivity contribution in [1.82, 2.24) is 0 Å². The van der Waals surface area contributed by atoms with Gasteiger partial charge in [0.1, 0.15) is 5.75 Å². The number of alkyl halides is 6. The molecule has 0 saturated carbocycles. The van der Waals surface area contributed by atoms with Gasteiger partial charge in [0.25, 0.3) is 0 Å². The van der Waals surface area contributed by atoms with Gasteiger partial charge in [-0.05, 0) is 17.7 Å². The van der Waals surface area contributed by atoms with Crippen LogP contribution in [-0.2, 0) is 26.8 Å². The summed E-state index contributed by atoms with van der Waals surface area (Å²) in [6, 6.07) is 4.55. The Morgan fingerprint density at radius 2 is 1.25 bits per heavy atom. The molecule has 0 aliphatic rings. The molecule has 1 aromatic carbocycles. The molecule has 0 aliphatic carbocycles. The van der Waals surface area contributed by atoms with Crippen molar-refractivity contribution in [3.63, 3.8) is 0 Å². The zero-order chi connectivity index (χ0) is 19.4. The van der Waals surface area contributed by atoms with Gasteiger partial charge in [-0.15, -0.1) is 0 Å². The van der Waals surface area contributed by atoms with Crippen molar-refractivity contribution in [3.8, 4) is 5.75 Å². The number of hydrogen-bond donors (Lipinski definition) is 2. The van der Waals surface area contributed by atoms with Crippen molar-refractivity contribution in [3.05, 3.63) is 29.8 Å². The largest absolute Gasteiger partial charge is 0.534 e. The number of hydrogen-bond acceptors (Lipinski definition) is 6. The third-order valence-corrected chi connectivity index (χ3v) is 3.45. The van der Waals surface area contributed by atoms with E-state index in [9.17, 15) is 34.8 Å². The van der Waals surface area contributed by atoms with Crippen LogP contribution in [0.25, 0.3) is 0 Å². The molecule has 0 amide bonds. The monoisotopic (exact) mass is 406 g/mol. The summed E-state index contributed by atoms with van der Waals surface area (Å²) in [7, 11) is -11.5. The molecule has 0 saturated heterocycles. The van der Waals surface area contributed by atoms with Gasteiger partial charge in [0, 0.05) is 0 Å². The van der Waals surface area contributed by atoms with Crippen LogP contribution in [0.5, 0.6) is 5.75 Å². The maximum atomic E-state index is 11.9. The van der Waals surface area contributed by atoms with E-state index in [1.807, 2.05) is 0 Å². The van der Waals surface area contributed by atoms with Crippen molar-refractivity contribution >= 4 is 20.2 Å². The molecule has 2 N–H and O–H groups in total. The molecule has 1 rings (SSSR count). The van der Waals surface area contributed by atoms with Gasteiger partial charge in [0.15, 0.2) is 0 Å². The Kier molecular flexibility index (Phi) is 7.04. The lowest BCUT2D eigenvalue weighted by Crippen LogP contribution is -2.28. The number of aliphatic hydroxyl groups excluding tert-OH is 1. The molecule has 0 aromatic heterocycles. The van der Waals surface area contributed by atoms with Crippen molar-refractivity contribution < 1.29 is 57.0 Å². The third-order valence-electron chi connectivity index (χ3n) is 1.89. The van der Waals surface area contributed by atoms with E-state index in [2.05, 4.69) is 4.18 Å². The Morgan fingerprint density at radius 1 is 0.875 bits per heavy atom. The summed E-state index contributed by atoms with van der Waals surface area (Å²) >= 11 is 0. The van der Waals surface area contributed by atoms with Gasteiger partial charge in [-0.2, -0.15) is 43.2 Å². The van der Waals surface area contributed by atoms with Crippen molar-refractivity contribution in [2.45, 2.75) is 17.6 Å². The zero-order valence-corrected chi connectivity index (χ0v) is 12.7. The van der Waals surface area contributed by atoms with E-state index < -0.39 is 37.0 Å². The molecule has 0 bridgehead atoms. The lowest BCUT2D eigenvalue weighted by Gasteiger charge is -2.09. The van der Waals surface area contributed by atoms with Crippen LogP contribution < -0.4 is 4.18 Å². The van der Waals surface area contributed by atoms with Gasteiger partial charge >= 0.3 is 31.3 Å². The molecule has 140 valence electrons. The normalized spacial score (nSPS) is 13.0. The molecule has 0 fully saturated rings. The fourth-order valence-electron chi connectivity index (χ4n) is 0.824. The lowest BCUT2D eigenvalue weighted by molar-refractivity contribution is -0.0512. The summed E-state index contributed by atoms with van der Waals surface area (Å²) in [5.41, 5.74) is -10.6. The second-order valence-corrected chi connectivity index (χ2v) is 6.66. The summed E-state index contributed by atoms with van der Waals surface area (Å²) in [6.45, 7) is -0.299. The van der Waals surface area contributed by atoms with Gasteiger partial charge in [0.05, 0.1) is 6.61 Å². The Bertz CT molecular complexity index is 734. The number of benzene rings is 1. The molecule has 0 spiro atoms. The van der Waals surface area contributed by atoms with Crippen LogP contribution in [0, 0.1) is 0 Å². The summed E-state index contributed by atoms with van der Waals surface area (Å²) in [5.74, 6) is -0.463. The van der Waals surface area contributed by atoms with Gasteiger partial charge in [-0.1, -0.05) is 12.1 Å². The molecule has 0 aliphatic heterocycles. The highest BCUT2D eigenvalue weighted by molar-refractivity contribution is 7.88. The number of halogens is 6. The minimum atomic E-state index is -5.84. The van der Waals surface area contributed by atoms with Crippen molar-refractivity contribution in [2.75, 3.05) is 0 Å². The minimum absolute atomic E-state index is 0.299. The molecular formula is C9H8F6O7S2. The summed E-state index contributed by atoms with van der Waals surface area (Å²) in [4.78, 5) is 0. The van der Waals surface area contributed by atoms with Crippen LogP contribution in [0.2, 0.25) is 0 Å². The van der Waals surface area contributed by atoms with Gasteiger partial charge in [-0.25, -0.2) is 0 Å². The smallest absolute Gasteiger partial charge is 0.392 e. The first-order chi connectivity index (χ1) is 10.5. The predicted octanol–water partition coefficient (Wildman–Crippen LogP) is 1.80. The first-order valence-electron chi connectivity index (χ1n) is 5.25. The van der Waals surface area contributed by atoms with E-state index in [-0.39, 0.29) is 6.61 Å². The highest BCUT2D eigenvalue weighted by atomic mass is 32.2. The van der Waals surface area contributed by atoms with Crippen LogP contribution >= 0.6 is 0 Å². The van der Waals surface area contributed by atoms with Crippen molar-refractivity contribution in [2.24, 2.45) is 0 Å². The molecule has 24 heavy (non-hydrogen) atoms. The average Bonchev–Trinajstić information content (AvgIpc) is 2.36. The van der Waals surface area contributed by atoms with Crippen LogP contribution in [0.15, 0.2) is 24.3 Å². The Balaban J connectivity index is 0.000000561. The van der Waals surface area contributed by atoms with Gasteiger partial charge in [0.2, 0.25) is 0 Å². The maximum Gasteiger partial charge on any atom is 0.534 e. The minimum Gasteiger partial charge on any atom is -0.392 e. The Morgan fingerprint density at radius 3 is 1.50 bits per heavy atom. The highest BCUT2D eigenvalue weighted by Crippen LogP contribution is 2.26. The van der Waals surface area contributed by atoms with Crippen molar-refractivity contribution in [1.29, 1.82) is 0 Å². The van der Waals surface area contributed by atoms with Gasteiger partial charge < -0.3 is 9.29 Å². The van der Waals surface area contributed by atoms with E-state index in [0.717, 1.165) is 12.1 Å². The topological polar surface area (TPSA) is 118 Å². The maximum absolute atomic E-state index is 11.9. The highest BCUT2D eigenvalue weighted by Gasteiger charge is 2.48. The van der Waals surface area contributed by atoms with Crippen LogP contribution in [0.4, 0.5) is 26.3 Å². The van der Waals surface area contributed by atoms with E-state index in [0.29, 0.717) is 5.56 Å². The molecule has 7 nitrogen and oxygen atoms in total. The van der Waals surface area contributed by atoms with Crippen LogP contribution in [0.1, 0.15) is 5.56 Å². The molecule has 0 atom stereocenters. The fraction of sp³-hybridized carbons (Fsp3) is 0.333. The Hall–Kier alpha value is -1.58. The van der Waals surface area contributed by atoms with Crippen LogP contribution in [-0.4, -0.2) is 37.5 Å². The predicted molar refractivity (Wildman–Crippen MR) is 65.6 cm³/mol. The molecule has 0 radical (unpaired) electrons.